The monoisotopic (exact) mass is 220 g/mol. The highest BCUT2D eigenvalue weighted by Gasteiger charge is 2.36. The lowest BCUT2D eigenvalue weighted by Gasteiger charge is -2.22. The van der Waals surface area contributed by atoms with Crippen molar-refractivity contribution in [3.8, 4) is 0 Å². The van der Waals surface area contributed by atoms with E-state index in [1.807, 2.05) is 0 Å². The third kappa shape index (κ3) is 5.31. The zero-order chi connectivity index (χ0) is 11.9. The topological polar surface area (TPSA) is 136 Å². The largest absolute Gasteiger partial charge is 0.481 e. The second-order valence-electron chi connectivity index (χ2n) is 3.18. The van der Waals surface area contributed by atoms with Gasteiger partial charge in [-0.3, -0.25) is 9.59 Å². The lowest BCUT2D eigenvalue weighted by molar-refractivity contribution is -0.150. The molecule has 0 aromatic rings. The molecule has 1 atom stereocenters. The van der Waals surface area contributed by atoms with Crippen LogP contribution >= 0.6 is 0 Å². The smallest absolute Gasteiger partial charge is 0.324 e. The van der Waals surface area contributed by atoms with Gasteiger partial charge in [0.05, 0.1) is 13.0 Å². The van der Waals surface area contributed by atoms with Crippen LogP contribution in [0.4, 0.5) is 0 Å². The van der Waals surface area contributed by atoms with Crippen LogP contribution < -0.4 is 11.5 Å². The summed E-state index contributed by atoms with van der Waals surface area (Å²) in [7, 11) is 0. The second-order valence-corrected chi connectivity index (χ2v) is 3.18. The fraction of sp³-hybridized carbons (Fsp3) is 0.750. The Labute approximate surface area is 87.0 Å². The molecule has 0 spiro atoms. The summed E-state index contributed by atoms with van der Waals surface area (Å²) in [5.74, 6) is -2.60. The third-order valence-electron chi connectivity index (χ3n) is 1.85. The predicted octanol–water partition coefficient (Wildman–Crippen LogP) is -1.39. The Bertz CT molecular complexity index is 233. The third-order valence-corrected chi connectivity index (χ3v) is 1.85. The van der Waals surface area contributed by atoms with Crippen molar-refractivity contribution in [2.24, 2.45) is 11.5 Å². The second kappa shape index (κ2) is 6.33. The molecule has 0 fully saturated rings. The van der Waals surface area contributed by atoms with Gasteiger partial charge in [-0.15, -0.1) is 0 Å². The van der Waals surface area contributed by atoms with E-state index >= 15 is 0 Å². The summed E-state index contributed by atoms with van der Waals surface area (Å²) in [5, 5.41) is 17.3. The molecule has 0 aliphatic heterocycles. The zero-order valence-electron chi connectivity index (χ0n) is 8.31. The van der Waals surface area contributed by atoms with E-state index in [2.05, 4.69) is 0 Å². The van der Waals surface area contributed by atoms with Crippen molar-refractivity contribution >= 4 is 11.9 Å². The maximum atomic E-state index is 10.8. The van der Waals surface area contributed by atoms with Gasteiger partial charge in [0.25, 0.3) is 0 Å². The molecule has 0 rings (SSSR count). The van der Waals surface area contributed by atoms with Crippen molar-refractivity contribution in [2.75, 3.05) is 19.8 Å². The first-order valence-electron chi connectivity index (χ1n) is 4.44. The maximum absolute atomic E-state index is 10.8. The van der Waals surface area contributed by atoms with Crippen LogP contribution in [-0.4, -0.2) is 47.4 Å². The van der Waals surface area contributed by atoms with Crippen LogP contribution in [0, 0.1) is 0 Å². The van der Waals surface area contributed by atoms with Crippen LogP contribution in [0.1, 0.15) is 12.8 Å². The molecule has 0 radical (unpaired) electrons. The van der Waals surface area contributed by atoms with Crippen molar-refractivity contribution in [1.82, 2.24) is 0 Å². The van der Waals surface area contributed by atoms with Gasteiger partial charge in [0.15, 0.2) is 0 Å². The number of hydrogen-bond donors (Lipinski definition) is 4. The highest BCUT2D eigenvalue weighted by Crippen LogP contribution is 2.12. The lowest BCUT2D eigenvalue weighted by Crippen LogP contribution is -2.50. The fourth-order valence-corrected chi connectivity index (χ4v) is 0.980. The highest BCUT2D eigenvalue weighted by atomic mass is 16.5. The van der Waals surface area contributed by atoms with E-state index in [4.69, 9.17) is 26.4 Å². The van der Waals surface area contributed by atoms with Gasteiger partial charge in [-0.2, -0.15) is 0 Å². The number of hydrogen-bond acceptors (Lipinski definition) is 5. The summed E-state index contributed by atoms with van der Waals surface area (Å²) in [6, 6.07) is 0. The van der Waals surface area contributed by atoms with Crippen LogP contribution in [0.3, 0.4) is 0 Å². The zero-order valence-corrected chi connectivity index (χ0v) is 8.31. The van der Waals surface area contributed by atoms with Gasteiger partial charge in [0.1, 0.15) is 5.54 Å². The van der Waals surface area contributed by atoms with Gasteiger partial charge in [-0.05, 0) is 0 Å². The van der Waals surface area contributed by atoms with Crippen molar-refractivity contribution in [3.05, 3.63) is 0 Å². The summed E-state index contributed by atoms with van der Waals surface area (Å²) in [6.07, 6.45) is -0.692. The first-order valence-corrected chi connectivity index (χ1v) is 4.44. The quantitative estimate of drug-likeness (QED) is 0.369. The van der Waals surface area contributed by atoms with E-state index in [-0.39, 0.29) is 13.0 Å². The number of carboxylic acids is 2. The molecule has 1 unspecified atom stereocenters. The first kappa shape index (κ1) is 13.8. The Morgan fingerprint density at radius 2 is 1.87 bits per heavy atom. The fourth-order valence-electron chi connectivity index (χ4n) is 0.980. The van der Waals surface area contributed by atoms with Gasteiger partial charge >= 0.3 is 11.9 Å². The molecule has 0 saturated heterocycles. The number of aliphatic carboxylic acids is 2. The molecule has 7 heteroatoms. The number of rotatable bonds is 8. The van der Waals surface area contributed by atoms with Crippen LogP contribution in [0.15, 0.2) is 0 Å². The van der Waals surface area contributed by atoms with Gasteiger partial charge in [-0.25, -0.2) is 0 Å². The molecule has 7 nitrogen and oxygen atoms in total. The summed E-state index contributed by atoms with van der Waals surface area (Å²) in [6.45, 7) is 0.694. The molecule has 0 aromatic carbocycles. The lowest BCUT2D eigenvalue weighted by atomic mass is 9.93. The summed E-state index contributed by atoms with van der Waals surface area (Å²) in [4.78, 5) is 21.2. The van der Waals surface area contributed by atoms with E-state index in [1.165, 1.54) is 0 Å². The molecule has 0 saturated carbocycles. The first-order chi connectivity index (χ1) is 6.92. The standard InChI is InChI=1S/C8H16N2O5/c9-2-4-15-3-1-8(10,7(13)14)5-6(11)12/h1-5,9-10H2,(H,11,12)(H,13,14). The molecular formula is C8H16N2O5. The van der Waals surface area contributed by atoms with E-state index in [9.17, 15) is 9.59 Å². The Morgan fingerprint density at radius 1 is 1.27 bits per heavy atom. The molecule has 15 heavy (non-hydrogen) atoms. The van der Waals surface area contributed by atoms with Crippen molar-refractivity contribution in [2.45, 2.75) is 18.4 Å². The molecule has 0 bridgehead atoms. The number of carboxylic acid groups (broad SMARTS) is 2. The highest BCUT2D eigenvalue weighted by molar-refractivity contribution is 5.84. The molecular weight excluding hydrogens is 204 g/mol. The Morgan fingerprint density at radius 3 is 2.27 bits per heavy atom. The average molecular weight is 220 g/mol. The predicted molar refractivity (Wildman–Crippen MR) is 51.3 cm³/mol. The maximum Gasteiger partial charge on any atom is 0.324 e. The van der Waals surface area contributed by atoms with Gasteiger partial charge in [0, 0.05) is 19.6 Å². The summed E-state index contributed by atoms with van der Waals surface area (Å²) in [5.41, 5.74) is 8.81. The SMILES string of the molecule is NCCOCCC(N)(CC(=O)O)C(=O)O. The van der Waals surface area contributed by atoms with Crippen molar-refractivity contribution in [3.63, 3.8) is 0 Å². The van der Waals surface area contributed by atoms with Crippen molar-refractivity contribution in [1.29, 1.82) is 0 Å². The number of nitrogens with two attached hydrogens (primary N) is 2. The minimum Gasteiger partial charge on any atom is -0.481 e. The Kier molecular flexibility index (Phi) is 5.83. The molecule has 6 N–H and O–H groups in total. The van der Waals surface area contributed by atoms with Gasteiger partial charge < -0.3 is 26.4 Å². The van der Waals surface area contributed by atoms with E-state index < -0.39 is 23.9 Å². The molecule has 0 aromatic heterocycles. The average Bonchev–Trinajstić information content (AvgIpc) is 2.11. The summed E-state index contributed by atoms with van der Waals surface area (Å²) >= 11 is 0. The Hall–Kier alpha value is -1.18. The van der Waals surface area contributed by atoms with Crippen LogP contribution in [0.2, 0.25) is 0 Å². The molecule has 0 aliphatic rings. The van der Waals surface area contributed by atoms with E-state index in [0.717, 1.165) is 0 Å². The van der Waals surface area contributed by atoms with Crippen molar-refractivity contribution < 1.29 is 24.5 Å². The van der Waals surface area contributed by atoms with E-state index in [1.54, 1.807) is 0 Å². The van der Waals surface area contributed by atoms with Crippen LogP contribution in [-0.2, 0) is 14.3 Å². The molecule has 0 aliphatic carbocycles. The number of ether oxygens (including phenoxy) is 1. The van der Waals surface area contributed by atoms with Gasteiger partial charge in [0.2, 0.25) is 0 Å². The molecule has 0 heterocycles. The van der Waals surface area contributed by atoms with E-state index in [0.29, 0.717) is 13.2 Å². The molecule has 88 valence electrons. The molecule has 0 amide bonds. The number of carbonyl (C=O) groups is 2. The van der Waals surface area contributed by atoms with Crippen LogP contribution in [0.5, 0.6) is 0 Å². The normalized spacial score (nSPS) is 14.5. The van der Waals surface area contributed by atoms with Crippen LogP contribution in [0.25, 0.3) is 0 Å². The van der Waals surface area contributed by atoms with Gasteiger partial charge in [-0.1, -0.05) is 0 Å². The Balaban J connectivity index is 4.14. The summed E-state index contributed by atoms with van der Waals surface area (Å²) < 4.78 is 4.95. The minimum atomic E-state index is -1.78. The minimum absolute atomic E-state index is 0.0609.